The average molecular weight is 345 g/mol. The lowest BCUT2D eigenvalue weighted by Crippen LogP contribution is -2.14. The highest BCUT2D eigenvalue weighted by molar-refractivity contribution is 6.07. The van der Waals surface area contributed by atoms with Crippen molar-refractivity contribution < 1.29 is 22.7 Å². The topological polar surface area (TPSA) is 51.5 Å². The molecule has 2 aromatic carbocycles. The maximum Gasteiger partial charge on any atom is 0.387 e. The molecular formula is C19H17F2NO3. The molecule has 0 aliphatic rings. The van der Waals surface area contributed by atoms with Crippen LogP contribution in [0, 0.1) is 20.8 Å². The number of hydrogen-bond donors (Lipinski definition) is 1. The molecule has 0 bridgehead atoms. The summed E-state index contributed by atoms with van der Waals surface area (Å²) in [7, 11) is 0. The summed E-state index contributed by atoms with van der Waals surface area (Å²) in [6.45, 7) is 2.67. The van der Waals surface area contributed by atoms with E-state index in [1.54, 1.807) is 19.1 Å². The molecular weight excluding hydrogens is 328 g/mol. The van der Waals surface area contributed by atoms with Gasteiger partial charge < -0.3 is 14.5 Å². The summed E-state index contributed by atoms with van der Waals surface area (Å²) in [6.07, 6.45) is 0. The first-order valence-corrected chi connectivity index (χ1v) is 7.73. The number of ether oxygens (including phenoxy) is 1. The lowest BCUT2D eigenvalue weighted by atomic mass is 10.0. The Hall–Kier alpha value is -2.89. The molecule has 1 N–H and O–H groups in total. The molecule has 1 heterocycles. The number of halogens is 2. The van der Waals surface area contributed by atoms with Crippen molar-refractivity contribution in [3.05, 3.63) is 58.8 Å². The van der Waals surface area contributed by atoms with Gasteiger partial charge in [0.2, 0.25) is 0 Å². The normalized spacial score (nSPS) is 11.1. The number of fused-ring (bicyclic) bond motifs is 1. The number of nitrogens with one attached hydrogen (secondary N) is 1. The Morgan fingerprint density at radius 2 is 1.76 bits per heavy atom. The number of para-hydroxylation sites is 2. The van der Waals surface area contributed by atoms with Crippen molar-refractivity contribution in [3.63, 3.8) is 0 Å². The Morgan fingerprint density at radius 3 is 2.44 bits per heavy atom. The third kappa shape index (κ3) is 3.20. The molecule has 4 nitrogen and oxygen atoms in total. The highest BCUT2D eigenvalue weighted by Gasteiger charge is 2.21. The van der Waals surface area contributed by atoms with Gasteiger partial charge in [0.05, 0.1) is 5.69 Å². The number of hydrogen-bond acceptors (Lipinski definition) is 3. The van der Waals surface area contributed by atoms with Gasteiger partial charge in [0.25, 0.3) is 5.91 Å². The summed E-state index contributed by atoms with van der Waals surface area (Å²) in [5.74, 6) is -0.468. The molecule has 1 aromatic heterocycles. The van der Waals surface area contributed by atoms with Crippen molar-refractivity contribution in [1.29, 1.82) is 0 Å². The van der Waals surface area contributed by atoms with Crippen LogP contribution in [0.15, 0.2) is 40.8 Å². The van der Waals surface area contributed by atoms with Crippen molar-refractivity contribution in [3.8, 4) is 5.75 Å². The fourth-order valence-electron chi connectivity index (χ4n) is 2.84. The van der Waals surface area contributed by atoms with Crippen LogP contribution in [-0.2, 0) is 0 Å². The van der Waals surface area contributed by atoms with Gasteiger partial charge in [-0.1, -0.05) is 24.3 Å². The quantitative estimate of drug-likeness (QED) is 0.706. The fourth-order valence-corrected chi connectivity index (χ4v) is 2.84. The molecule has 0 saturated heterocycles. The molecule has 0 saturated carbocycles. The van der Waals surface area contributed by atoms with E-state index >= 15 is 0 Å². The third-order valence-corrected chi connectivity index (χ3v) is 4.04. The lowest BCUT2D eigenvalue weighted by Gasteiger charge is -2.11. The number of carbonyl (C=O) groups excluding carboxylic acids is 1. The monoisotopic (exact) mass is 345 g/mol. The van der Waals surface area contributed by atoms with Crippen LogP contribution >= 0.6 is 0 Å². The second-order valence-electron chi connectivity index (χ2n) is 5.79. The fraction of sp³-hybridized carbons (Fsp3) is 0.211. The van der Waals surface area contributed by atoms with E-state index in [9.17, 15) is 13.6 Å². The summed E-state index contributed by atoms with van der Waals surface area (Å²) in [5.41, 5.74) is 3.44. The molecule has 3 rings (SSSR count). The molecule has 3 aromatic rings. The molecule has 0 unspecified atom stereocenters. The van der Waals surface area contributed by atoms with Gasteiger partial charge in [0, 0.05) is 10.9 Å². The molecule has 0 fully saturated rings. The molecule has 130 valence electrons. The summed E-state index contributed by atoms with van der Waals surface area (Å²) < 4.78 is 35.2. The maximum atomic E-state index is 12.6. The number of alkyl halides is 2. The van der Waals surface area contributed by atoms with Crippen LogP contribution in [0.25, 0.3) is 11.0 Å². The number of aryl methyl sites for hydroxylation is 3. The maximum absolute atomic E-state index is 12.6. The van der Waals surface area contributed by atoms with E-state index in [-0.39, 0.29) is 17.2 Å². The number of anilines is 1. The Bertz CT molecular complexity index is 947. The number of rotatable bonds is 4. The molecule has 1 amide bonds. The van der Waals surface area contributed by atoms with Gasteiger partial charge in [0.15, 0.2) is 5.76 Å². The number of furan rings is 1. The summed E-state index contributed by atoms with van der Waals surface area (Å²) in [6, 6.07) is 9.91. The molecule has 0 atom stereocenters. The molecule has 0 spiro atoms. The Labute approximate surface area is 143 Å². The van der Waals surface area contributed by atoms with Crippen LogP contribution in [0.5, 0.6) is 5.75 Å². The molecule has 25 heavy (non-hydrogen) atoms. The van der Waals surface area contributed by atoms with Gasteiger partial charge in [-0.05, 0) is 44.0 Å². The number of amides is 1. The summed E-state index contributed by atoms with van der Waals surface area (Å²) >= 11 is 0. The van der Waals surface area contributed by atoms with Crippen molar-refractivity contribution in [2.24, 2.45) is 0 Å². The van der Waals surface area contributed by atoms with Crippen molar-refractivity contribution in [2.75, 3.05) is 5.32 Å². The predicted molar refractivity (Wildman–Crippen MR) is 91.5 cm³/mol. The van der Waals surface area contributed by atoms with Crippen LogP contribution in [-0.4, -0.2) is 12.5 Å². The van der Waals surface area contributed by atoms with E-state index in [0.717, 1.165) is 16.5 Å². The molecule has 0 aliphatic carbocycles. The number of benzene rings is 2. The van der Waals surface area contributed by atoms with Gasteiger partial charge >= 0.3 is 6.61 Å². The van der Waals surface area contributed by atoms with Gasteiger partial charge in [-0.3, -0.25) is 4.79 Å². The highest BCUT2D eigenvalue weighted by atomic mass is 19.3. The SMILES string of the molecule is Cc1ccc(C)c2c(C)c(C(=O)Nc3ccccc3OC(F)F)oc12. The van der Waals surface area contributed by atoms with E-state index in [0.29, 0.717) is 11.1 Å². The zero-order chi connectivity index (χ0) is 18.1. The summed E-state index contributed by atoms with van der Waals surface area (Å²) in [5, 5.41) is 3.47. The van der Waals surface area contributed by atoms with E-state index < -0.39 is 12.5 Å². The smallest absolute Gasteiger partial charge is 0.387 e. The molecule has 0 radical (unpaired) electrons. The zero-order valence-corrected chi connectivity index (χ0v) is 14.0. The lowest BCUT2D eigenvalue weighted by molar-refractivity contribution is -0.0493. The van der Waals surface area contributed by atoms with Crippen LogP contribution < -0.4 is 10.1 Å². The first kappa shape index (κ1) is 17.0. The third-order valence-electron chi connectivity index (χ3n) is 4.04. The van der Waals surface area contributed by atoms with Crippen LogP contribution in [0.2, 0.25) is 0 Å². The second-order valence-corrected chi connectivity index (χ2v) is 5.79. The standard InChI is InChI=1S/C19H17F2NO3/c1-10-8-9-11(2)16-15(10)12(3)17(25-16)18(23)22-13-6-4-5-7-14(13)24-19(20)21/h4-9,19H,1-3H3,(H,22,23). The van der Waals surface area contributed by atoms with Crippen molar-refractivity contribution in [1.82, 2.24) is 0 Å². The second kappa shape index (κ2) is 6.55. The van der Waals surface area contributed by atoms with E-state index in [1.807, 2.05) is 26.0 Å². The first-order chi connectivity index (χ1) is 11.9. The minimum absolute atomic E-state index is 0.105. The van der Waals surface area contributed by atoms with Crippen LogP contribution in [0.4, 0.5) is 14.5 Å². The van der Waals surface area contributed by atoms with Crippen LogP contribution in [0.1, 0.15) is 27.2 Å². The van der Waals surface area contributed by atoms with Gasteiger partial charge in [0.1, 0.15) is 11.3 Å². The van der Waals surface area contributed by atoms with Gasteiger partial charge in [-0.2, -0.15) is 8.78 Å². The molecule has 6 heteroatoms. The van der Waals surface area contributed by atoms with Gasteiger partial charge in [-0.25, -0.2) is 0 Å². The predicted octanol–water partition coefficient (Wildman–Crippen LogP) is 5.21. The number of carbonyl (C=O) groups is 1. The zero-order valence-electron chi connectivity index (χ0n) is 14.0. The Balaban J connectivity index is 1.98. The molecule has 0 aliphatic heterocycles. The minimum Gasteiger partial charge on any atom is -0.450 e. The van der Waals surface area contributed by atoms with Crippen LogP contribution in [0.3, 0.4) is 0 Å². The van der Waals surface area contributed by atoms with Crippen molar-refractivity contribution >= 4 is 22.6 Å². The summed E-state index contributed by atoms with van der Waals surface area (Å²) in [4.78, 5) is 12.6. The minimum atomic E-state index is -2.98. The Morgan fingerprint density at radius 1 is 1.08 bits per heavy atom. The van der Waals surface area contributed by atoms with E-state index in [4.69, 9.17) is 4.42 Å². The van der Waals surface area contributed by atoms with Crippen molar-refractivity contribution in [2.45, 2.75) is 27.4 Å². The Kier molecular flexibility index (Phi) is 4.44. The first-order valence-electron chi connectivity index (χ1n) is 7.73. The van der Waals surface area contributed by atoms with Gasteiger partial charge in [-0.15, -0.1) is 0 Å². The van der Waals surface area contributed by atoms with E-state index in [1.165, 1.54) is 12.1 Å². The average Bonchev–Trinajstić information content (AvgIpc) is 2.91. The van der Waals surface area contributed by atoms with E-state index in [2.05, 4.69) is 10.1 Å². The largest absolute Gasteiger partial charge is 0.450 e. The highest BCUT2D eigenvalue weighted by Crippen LogP contribution is 2.32.